The molecular formula is C16H24N4O5S2. The maximum absolute atomic E-state index is 13.1. The van der Waals surface area contributed by atoms with E-state index in [1.54, 1.807) is 28.4 Å². The first-order valence-electron chi connectivity index (χ1n) is 8.71. The van der Waals surface area contributed by atoms with Crippen molar-refractivity contribution >= 4 is 41.1 Å². The van der Waals surface area contributed by atoms with E-state index >= 15 is 0 Å². The SMILES string of the molecule is CCSC(SCC)[C@@H]1CCCN1C(=O)c1nn(C)c(C(=O)OC)c1[N+](=O)[O-]. The molecule has 0 radical (unpaired) electrons. The molecule has 0 N–H and O–H groups in total. The second-order valence-corrected chi connectivity index (χ2v) is 9.04. The van der Waals surface area contributed by atoms with E-state index in [9.17, 15) is 19.7 Å². The first-order valence-corrected chi connectivity index (χ1v) is 10.8. The van der Waals surface area contributed by atoms with E-state index in [0.29, 0.717) is 6.54 Å². The molecule has 1 aliphatic rings. The first-order chi connectivity index (χ1) is 12.9. The molecule has 0 aliphatic carbocycles. The summed E-state index contributed by atoms with van der Waals surface area (Å²) in [7, 11) is 2.52. The average Bonchev–Trinajstić information content (AvgIpc) is 3.24. The minimum Gasteiger partial charge on any atom is -0.464 e. The van der Waals surface area contributed by atoms with Gasteiger partial charge in [0.25, 0.3) is 5.91 Å². The number of amides is 1. The Labute approximate surface area is 166 Å². The number of carbonyl (C=O) groups is 2. The highest BCUT2D eigenvalue weighted by atomic mass is 32.2. The summed E-state index contributed by atoms with van der Waals surface area (Å²) in [6.45, 7) is 4.66. The minimum atomic E-state index is -0.894. The molecule has 0 bridgehead atoms. The van der Waals surface area contributed by atoms with Crippen molar-refractivity contribution in [3.05, 3.63) is 21.5 Å². The second-order valence-electron chi connectivity index (χ2n) is 5.91. The fourth-order valence-electron chi connectivity index (χ4n) is 3.22. The Morgan fingerprint density at radius 1 is 1.37 bits per heavy atom. The van der Waals surface area contributed by atoms with E-state index in [4.69, 9.17) is 0 Å². The van der Waals surface area contributed by atoms with E-state index in [0.717, 1.165) is 36.1 Å². The van der Waals surface area contributed by atoms with Crippen LogP contribution in [0, 0.1) is 10.1 Å². The third kappa shape index (κ3) is 4.40. The quantitative estimate of drug-likeness (QED) is 0.275. The summed E-state index contributed by atoms with van der Waals surface area (Å²) in [6, 6.07) is -0.0180. The van der Waals surface area contributed by atoms with Gasteiger partial charge in [-0.15, -0.1) is 23.5 Å². The molecule has 1 atom stereocenters. The van der Waals surface area contributed by atoms with Crippen LogP contribution in [0.15, 0.2) is 0 Å². The van der Waals surface area contributed by atoms with Gasteiger partial charge in [0.1, 0.15) is 0 Å². The van der Waals surface area contributed by atoms with Gasteiger partial charge >= 0.3 is 11.7 Å². The van der Waals surface area contributed by atoms with Crippen LogP contribution >= 0.6 is 23.5 Å². The number of methoxy groups -OCH3 is 1. The molecule has 1 amide bonds. The van der Waals surface area contributed by atoms with Gasteiger partial charge in [0.05, 0.1) is 22.7 Å². The number of rotatable bonds is 8. The van der Waals surface area contributed by atoms with Crippen molar-refractivity contribution in [2.24, 2.45) is 7.05 Å². The number of nitrogens with zero attached hydrogens (tertiary/aromatic N) is 4. The topological polar surface area (TPSA) is 108 Å². The molecule has 1 saturated heterocycles. The van der Waals surface area contributed by atoms with Gasteiger partial charge in [-0.2, -0.15) is 5.10 Å². The lowest BCUT2D eigenvalue weighted by Crippen LogP contribution is -2.41. The van der Waals surface area contributed by atoms with Gasteiger partial charge in [-0.1, -0.05) is 13.8 Å². The van der Waals surface area contributed by atoms with E-state index in [-0.39, 0.29) is 22.0 Å². The molecule has 0 unspecified atom stereocenters. The number of thioether (sulfide) groups is 2. The van der Waals surface area contributed by atoms with Gasteiger partial charge < -0.3 is 9.64 Å². The third-order valence-electron chi connectivity index (χ3n) is 4.32. The number of esters is 1. The van der Waals surface area contributed by atoms with Gasteiger partial charge in [-0.25, -0.2) is 4.79 Å². The largest absolute Gasteiger partial charge is 0.464 e. The number of aryl methyl sites for hydroxylation is 1. The van der Waals surface area contributed by atoms with Crippen molar-refractivity contribution in [3.8, 4) is 0 Å². The van der Waals surface area contributed by atoms with E-state index in [1.165, 1.54) is 7.05 Å². The molecule has 0 aromatic carbocycles. The fourth-order valence-corrected chi connectivity index (χ4v) is 6.09. The van der Waals surface area contributed by atoms with E-state index < -0.39 is 22.5 Å². The summed E-state index contributed by atoms with van der Waals surface area (Å²) in [4.78, 5) is 37.6. The van der Waals surface area contributed by atoms with Crippen LogP contribution in [0.25, 0.3) is 0 Å². The number of likely N-dealkylation sites (tertiary alicyclic amines) is 1. The Bertz CT molecular complexity index is 718. The number of nitro groups is 1. The fraction of sp³-hybridized carbons (Fsp3) is 0.688. The molecule has 11 heteroatoms. The molecule has 1 aromatic heterocycles. The summed E-state index contributed by atoms with van der Waals surface area (Å²) in [5.74, 6) is 0.446. The van der Waals surface area contributed by atoms with Gasteiger partial charge in [-0.05, 0) is 24.3 Å². The molecule has 150 valence electrons. The van der Waals surface area contributed by atoms with Gasteiger partial charge in [0.15, 0.2) is 0 Å². The molecule has 27 heavy (non-hydrogen) atoms. The number of hydrogen-bond donors (Lipinski definition) is 0. The molecule has 2 rings (SSSR count). The smallest absolute Gasteiger partial charge is 0.363 e. The monoisotopic (exact) mass is 416 g/mol. The van der Waals surface area contributed by atoms with Crippen LogP contribution in [0.2, 0.25) is 0 Å². The second kappa shape index (κ2) is 9.45. The zero-order valence-corrected chi connectivity index (χ0v) is 17.5. The van der Waals surface area contributed by atoms with Crippen molar-refractivity contribution in [2.45, 2.75) is 37.3 Å². The predicted octanol–water partition coefficient (Wildman–Crippen LogP) is 2.55. The summed E-state index contributed by atoms with van der Waals surface area (Å²) in [5, 5.41) is 15.6. The van der Waals surface area contributed by atoms with Crippen LogP contribution < -0.4 is 0 Å². The zero-order chi connectivity index (χ0) is 20.1. The lowest BCUT2D eigenvalue weighted by molar-refractivity contribution is -0.385. The van der Waals surface area contributed by atoms with Crippen molar-refractivity contribution in [1.29, 1.82) is 0 Å². The maximum atomic E-state index is 13.1. The summed E-state index contributed by atoms with van der Waals surface area (Å²) >= 11 is 3.55. The Hall–Kier alpha value is -1.75. The predicted molar refractivity (Wildman–Crippen MR) is 105 cm³/mol. The average molecular weight is 417 g/mol. The van der Waals surface area contributed by atoms with Crippen LogP contribution in [-0.4, -0.2) is 67.3 Å². The Morgan fingerprint density at radius 2 is 2.00 bits per heavy atom. The third-order valence-corrected chi connectivity index (χ3v) is 7.09. The van der Waals surface area contributed by atoms with Crippen molar-refractivity contribution in [2.75, 3.05) is 25.2 Å². The normalized spacial score (nSPS) is 16.8. The van der Waals surface area contributed by atoms with Crippen LogP contribution in [0.1, 0.15) is 47.7 Å². The molecule has 0 spiro atoms. The number of carbonyl (C=O) groups excluding carboxylic acids is 2. The number of ether oxygens (including phenoxy) is 1. The molecule has 1 aliphatic heterocycles. The summed E-state index contributed by atoms with van der Waals surface area (Å²) < 4.78 is 5.86. The highest BCUT2D eigenvalue weighted by Crippen LogP contribution is 2.36. The van der Waals surface area contributed by atoms with Crippen molar-refractivity contribution < 1.29 is 19.2 Å². The van der Waals surface area contributed by atoms with E-state index in [1.807, 2.05) is 0 Å². The van der Waals surface area contributed by atoms with Gasteiger partial charge in [0, 0.05) is 13.6 Å². The van der Waals surface area contributed by atoms with Crippen LogP contribution in [0.5, 0.6) is 0 Å². The molecule has 1 fully saturated rings. The lowest BCUT2D eigenvalue weighted by atomic mass is 10.2. The van der Waals surface area contributed by atoms with Crippen molar-refractivity contribution in [1.82, 2.24) is 14.7 Å². The highest BCUT2D eigenvalue weighted by Gasteiger charge is 2.42. The molecule has 2 heterocycles. The van der Waals surface area contributed by atoms with E-state index in [2.05, 4.69) is 23.7 Å². The molecular weight excluding hydrogens is 392 g/mol. The van der Waals surface area contributed by atoms with Crippen LogP contribution in [-0.2, 0) is 11.8 Å². The Balaban J connectivity index is 2.41. The highest BCUT2D eigenvalue weighted by molar-refractivity contribution is 8.17. The molecule has 0 saturated carbocycles. The van der Waals surface area contributed by atoms with Gasteiger partial charge in [0.2, 0.25) is 11.4 Å². The van der Waals surface area contributed by atoms with Crippen molar-refractivity contribution in [3.63, 3.8) is 0 Å². The lowest BCUT2D eigenvalue weighted by Gasteiger charge is -2.30. The van der Waals surface area contributed by atoms with Crippen LogP contribution in [0.3, 0.4) is 0 Å². The Kier molecular flexibility index (Phi) is 7.54. The maximum Gasteiger partial charge on any atom is 0.363 e. The number of aromatic nitrogens is 2. The number of hydrogen-bond acceptors (Lipinski definition) is 8. The zero-order valence-electron chi connectivity index (χ0n) is 15.8. The van der Waals surface area contributed by atoms with Gasteiger partial charge in [-0.3, -0.25) is 19.6 Å². The summed E-state index contributed by atoms with van der Waals surface area (Å²) in [5.41, 5.74) is -1.23. The standard InChI is InChI=1S/C16H24N4O5S2/c1-5-26-16(27-6-2)10-8-7-9-19(10)14(21)11-12(20(23)24)13(15(22)25-4)18(3)17-11/h10,16H,5-9H2,1-4H3/t10-/m0/s1. The Morgan fingerprint density at radius 3 is 2.52 bits per heavy atom. The first kappa shape index (κ1) is 21.5. The van der Waals surface area contributed by atoms with Crippen LogP contribution in [0.4, 0.5) is 5.69 Å². The minimum absolute atomic E-state index is 0.0180. The molecule has 9 nitrogen and oxygen atoms in total. The summed E-state index contributed by atoms with van der Waals surface area (Å²) in [6.07, 6.45) is 1.69. The molecule has 1 aromatic rings.